The van der Waals surface area contributed by atoms with Gasteiger partial charge in [0.2, 0.25) is 0 Å². The molecule has 1 aromatic heterocycles. The second kappa shape index (κ2) is 4.20. The summed E-state index contributed by atoms with van der Waals surface area (Å²) >= 11 is 0. The molecule has 2 heterocycles. The van der Waals surface area contributed by atoms with Crippen molar-refractivity contribution in [3.63, 3.8) is 0 Å². The van der Waals surface area contributed by atoms with Crippen molar-refractivity contribution in [3.8, 4) is 0 Å². The summed E-state index contributed by atoms with van der Waals surface area (Å²) in [7, 11) is 0. The standard InChI is InChI=1S/C12H17N3O/c1-3-12(4-2)8-15(9-12)11(16)10-6-5-7-13-14-10/h5-7H,3-4,8-9H2,1-2H3. The molecule has 16 heavy (non-hydrogen) atoms. The minimum Gasteiger partial charge on any atom is -0.336 e. The van der Waals surface area contributed by atoms with Crippen molar-refractivity contribution in [1.29, 1.82) is 0 Å². The molecule has 86 valence electrons. The van der Waals surface area contributed by atoms with Crippen molar-refractivity contribution >= 4 is 5.91 Å². The van der Waals surface area contributed by atoms with E-state index in [1.807, 2.05) is 4.90 Å². The highest BCUT2D eigenvalue weighted by atomic mass is 16.2. The van der Waals surface area contributed by atoms with Gasteiger partial charge in [0, 0.05) is 24.7 Å². The largest absolute Gasteiger partial charge is 0.336 e. The van der Waals surface area contributed by atoms with Crippen molar-refractivity contribution in [1.82, 2.24) is 15.1 Å². The number of aromatic nitrogens is 2. The zero-order valence-electron chi connectivity index (χ0n) is 9.81. The number of hydrogen-bond donors (Lipinski definition) is 0. The Morgan fingerprint density at radius 3 is 2.62 bits per heavy atom. The molecule has 1 saturated heterocycles. The number of nitrogens with zero attached hydrogens (tertiary/aromatic N) is 3. The molecule has 4 nitrogen and oxygen atoms in total. The molecule has 0 atom stereocenters. The Balaban J connectivity index is 2.01. The fraction of sp³-hybridized carbons (Fsp3) is 0.583. The third kappa shape index (κ3) is 1.79. The van der Waals surface area contributed by atoms with Gasteiger partial charge >= 0.3 is 0 Å². The lowest BCUT2D eigenvalue weighted by Gasteiger charge is -2.49. The molecular weight excluding hydrogens is 202 g/mol. The van der Waals surface area contributed by atoms with E-state index >= 15 is 0 Å². The molecule has 2 rings (SSSR count). The average molecular weight is 219 g/mol. The number of rotatable bonds is 3. The monoisotopic (exact) mass is 219 g/mol. The van der Waals surface area contributed by atoms with Gasteiger partial charge in [-0.25, -0.2) is 0 Å². The second-order valence-corrected chi connectivity index (χ2v) is 4.48. The van der Waals surface area contributed by atoms with Crippen LogP contribution in [0, 0.1) is 5.41 Å². The van der Waals surface area contributed by atoms with Gasteiger partial charge in [-0.2, -0.15) is 5.10 Å². The van der Waals surface area contributed by atoms with Crippen LogP contribution in [0.3, 0.4) is 0 Å². The molecule has 1 aromatic rings. The first-order chi connectivity index (χ1) is 7.71. The van der Waals surface area contributed by atoms with Crippen LogP contribution in [-0.2, 0) is 0 Å². The minimum absolute atomic E-state index is 0.00521. The van der Waals surface area contributed by atoms with Gasteiger partial charge in [0.15, 0.2) is 5.69 Å². The average Bonchev–Trinajstić information content (AvgIpc) is 2.30. The molecule has 0 N–H and O–H groups in total. The summed E-state index contributed by atoms with van der Waals surface area (Å²) in [4.78, 5) is 13.8. The topological polar surface area (TPSA) is 46.1 Å². The molecular formula is C12H17N3O. The molecule has 0 bridgehead atoms. The smallest absolute Gasteiger partial charge is 0.274 e. The van der Waals surface area contributed by atoms with Gasteiger partial charge < -0.3 is 4.90 Å². The molecule has 1 aliphatic heterocycles. The SMILES string of the molecule is CCC1(CC)CN(C(=O)c2cccnn2)C1. The summed E-state index contributed by atoms with van der Waals surface area (Å²) in [5, 5.41) is 7.57. The summed E-state index contributed by atoms with van der Waals surface area (Å²) < 4.78 is 0. The number of hydrogen-bond acceptors (Lipinski definition) is 3. The Morgan fingerprint density at radius 1 is 1.44 bits per heavy atom. The summed E-state index contributed by atoms with van der Waals surface area (Å²) in [5.74, 6) is 0.00521. The maximum Gasteiger partial charge on any atom is 0.274 e. The summed E-state index contributed by atoms with van der Waals surface area (Å²) in [6.45, 7) is 6.09. The lowest BCUT2D eigenvalue weighted by molar-refractivity contribution is 0.000804. The predicted octanol–water partition coefficient (Wildman–Crippen LogP) is 1.74. The second-order valence-electron chi connectivity index (χ2n) is 4.48. The van der Waals surface area contributed by atoms with Gasteiger partial charge in [0.1, 0.15) is 0 Å². The van der Waals surface area contributed by atoms with Gasteiger partial charge in [-0.15, -0.1) is 5.10 Å². The van der Waals surface area contributed by atoms with Crippen molar-refractivity contribution in [2.75, 3.05) is 13.1 Å². The fourth-order valence-electron chi connectivity index (χ4n) is 2.18. The first-order valence-corrected chi connectivity index (χ1v) is 5.78. The number of likely N-dealkylation sites (tertiary alicyclic amines) is 1. The van der Waals surface area contributed by atoms with Gasteiger partial charge in [-0.3, -0.25) is 4.79 Å². The first kappa shape index (κ1) is 11.0. The van der Waals surface area contributed by atoms with Gasteiger partial charge in [0.25, 0.3) is 5.91 Å². The zero-order chi connectivity index (χ0) is 11.6. The normalized spacial score (nSPS) is 18.0. The highest BCUT2D eigenvalue weighted by Crippen LogP contribution is 2.37. The van der Waals surface area contributed by atoms with Crippen molar-refractivity contribution < 1.29 is 4.79 Å². The molecule has 0 spiro atoms. The molecule has 1 amide bonds. The summed E-state index contributed by atoms with van der Waals surface area (Å²) in [6, 6.07) is 3.46. The van der Waals surface area contributed by atoms with Gasteiger partial charge in [-0.05, 0) is 25.0 Å². The van der Waals surface area contributed by atoms with E-state index in [2.05, 4.69) is 24.0 Å². The van der Waals surface area contributed by atoms with Crippen LogP contribution < -0.4 is 0 Å². The van der Waals surface area contributed by atoms with Crippen molar-refractivity contribution in [2.45, 2.75) is 26.7 Å². The van der Waals surface area contributed by atoms with Crippen LogP contribution in [0.1, 0.15) is 37.2 Å². The molecule has 0 aliphatic carbocycles. The van der Waals surface area contributed by atoms with E-state index in [9.17, 15) is 4.79 Å². The van der Waals surface area contributed by atoms with Gasteiger partial charge in [-0.1, -0.05) is 13.8 Å². The molecule has 0 unspecified atom stereocenters. The van der Waals surface area contributed by atoms with Crippen LogP contribution in [0.2, 0.25) is 0 Å². The summed E-state index contributed by atoms with van der Waals surface area (Å²) in [5.41, 5.74) is 0.793. The highest BCUT2D eigenvalue weighted by Gasteiger charge is 2.42. The van der Waals surface area contributed by atoms with E-state index in [1.165, 1.54) is 0 Å². The molecule has 0 aromatic carbocycles. The third-order valence-corrected chi connectivity index (χ3v) is 3.63. The van der Waals surface area contributed by atoms with E-state index in [-0.39, 0.29) is 5.91 Å². The maximum atomic E-state index is 12.0. The molecule has 1 fully saturated rings. The minimum atomic E-state index is 0.00521. The Labute approximate surface area is 95.7 Å². The van der Waals surface area contributed by atoms with Gasteiger partial charge in [0.05, 0.1) is 0 Å². The van der Waals surface area contributed by atoms with Crippen LogP contribution in [0.15, 0.2) is 18.3 Å². The number of carbonyl (C=O) groups is 1. The Bertz CT molecular complexity index is 365. The number of amides is 1. The Kier molecular flexibility index (Phi) is 2.90. The number of carbonyl (C=O) groups excluding carboxylic acids is 1. The highest BCUT2D eigenvalue weighted by molar-refractivity contribution is 5.92. The first-order valence-electron chi connectivity index (χ1n) is 5.78. The van der Waals surface area contributed by atoms with Crippen LogP contribution in [0.4, 0.5) is 0 Å². The van der Waals surface area contributed by atoms with Crippen LogP contribution in [0.25, 0.3) is 0 Å². The Hall–Kier alpha value is -1.45. The van der Waals surface area contributed by atoms with Crippen LogP contribution in [-0.4, -0.2) is 34.1 Å². The summed E-state index contributed by atoms with van der Waals surface area (Å²) in [6.07, 6.45) is 3.84. The quantitative estimate of drug-likeness (QED) is 0.778. The molecule has 0 saturated carbocycles. The van der Waals surface area contributed by atoms with E-state index in [1.54, 1.807) is 18.3 Å². The lowest BCUT2D eigenvalue weighted by Crippen LogP contribution is -2.58. The van der Waals surface area contributed by atoms with Crippen LogP contribution in [0.5, 0.6) is 0 Å². The maximum absolute atomic E-state index is 12.0. The van der Waals surface area contributed by atoms with E-state index < -0.39 is 0 Å². The van der Waals surface area contributed by atoms with E-state index in [0.717, 1.165) is 25.9 Å². The molecule has 1 aliphatic rings. The zero-order valence-corrected chi connectivity index (χ0v) is 9.81. The molecule has 4 heteroatoms. The fourth-order valence-corrected chi connectivity index (χ4v) is 2.18. The predicted molar refractivity (Wildman–Crippen MR) is 61.0 cm³/mol. The van der Waals surface area contributed by atoms with Crippen molar-refractivity contribution in [2.24, 2.45) is 5.41 Å². The lowest BCUT2D eigenvalue weighted by atomic mass is 9.75. The van der Waals surface area contributed by atoms with E-state index in [0.29, 0.717) is 11.1 Å². The third-order valence-electron chi connectivity index (χ3n) is 3.63. The van der Waals surface area contributed by atoms with Crippen LogP contribution >= 0.6 is 0 Å². The Morgan fingerprint density at radius 2 is 2.12 bits per heavy atom. The van der Waals surface area contributed by atoms with E-state index in [4.69, 9.17) is 0 Å². The molecule has 0 radical (unpaired) electrons. The van der Waals surface area contributed by atoms with Crippen molar-refractivity contribution in [3.05, 3.63) is 24.0 Å².